The maximum atomic E-state index is 2.74. The van der Waals surface area contributed by atoms with E-state index in [0.29, 0.717) is 0 Å². The summed E-state index contributed by atoms with van der Waals surface area (Å²) >= 11 is 0. The molecule has 132 valence electrons. The first-order valence-corrected chi connectivity index (χ1v) is 11.7. The van der Waals surface area contributed by atoms with E-state index >= 15 is 0 Å². The van der Waals surface area contributed by atoms with Crippen molar-refractivity contribution in [2.24, 2.45) is 0 Å². The van der Waals surface area contributed by atoms with Crippen molar-refractivity contribution < 1.29 is 17.0 Å². The predicted octanol–water partition coefficient (Wildman–Crippen LogP) is 4.47. The van der Waals surface area contributed by atoms with Crippen LogP contribution in [0.5, 0.6) is 0 Å². The summed E-state index contributed by atoms with van der Waals surface area (Å²) < 4.78 is 0. The molecule has 0 bridgehead atoms. The molecule has 1 rings (SSSR count). The van der Waals surface area contributed by atoms with E-state index in [9.17, 15) is 0 Å². The highest BCUT2D eigenvalue weighted by atomic mass is 79.9. The van der Waals surface area contributed by atoms with E-state index in [1.54, 1.807) is 0 Å². The Balaban J connectivity index is 0.00000484. The van der Waals surface area contributed by atoms with E-state index in [-0.39, 0.29) is 17.0 Å². The Morgan fingerprint density at radius 1 is 0.826 bits per heavy atom. The van der Waals surface area contributed by atoms with Gasteiger partial charge in [-0.1, -0.05) is 70.4 Å². The molecular weight excluding hydrogens is 363 g/mol. The summed E-state index contributed by atoms with van der Waals surface area (Å²) in [5.74, 6) is 2.74. The zero-order chi connectivity index (χ0) is 16.3. The molecule has 0 amide bonds. The van der Waals surface area contributed by atoms with Crippen LogP contribution in [0.3, 0.4) is 0 Å². The Morgan fingerprint density at radius 2 is 1.26 bits per heavy atom. The molecule has 2 heteroatoms. The number of allylic oxidation sites excluding steroid dienone is 1. The summed E-state index contributed by atoms with van der Waals surface area (Å²) in [4.78, 5) is 0. The van der Waals surface area contributed by atoms with Crippen molar-refractivity contribution >= 4 is 12.8 Å². The van der Waals surface area contributed by atoms with Crippen LogP contribution < -0.4 is 17.0 Å². The minimum absolute atomic E-state index is 0. The second-order valence-corrected chi connectivity index (χ2v) is 10.7. The quantitative estimate of drug-likeness (QED) is 0.482. The topological polar surface area (TPSA) is 0 Å². The van der Waals surface area contributed by atoms with Crippen LogP contribution in [0, 0.1) is 0 Å². The maximum Gasteiger partial charge on any atom is 0.0635 e. The largest absolute Gasteiger partial charge is 1.00 e. The van der Waals surface area contributed by atoms with Gasteiger partial charge < -0.3 is 17.0 Å². The minimum atomic E-state index is -0.929. The lowest BCUT2D eigenvalue weighted by atomic mass is 10.1. The van der Waals surface area contributed by atoms with Gasteiger partial charge in [-0.25, -0.2) is 0 Å². The average molecular weight is 399 g/mol. The summed E-state index contributed by atoms with van der Waals surface area (Å²) in [6.45, 7) is 9.33. The zero-order valence-corrected chi connectivity index (χ0v) is 18.1. The van der Waals surface area contributed by atoms with Crippen LogP contribution in [0.2, 0.25) is 0 Å². The zero-order valence-electron chi connectivity index (χ0n) is 15.7. The van der Waals surface area contributed by atoms with Gasteiger partial charge in [-0.2, -0.15) is 0 Å². The molecule has 0 radical (unpaired) electrons. The van der Waals surface area contributed by atoms with Gasteiger partial charge in [0.1, 0.15) is 0 Å². The molecule has 1 aromatic carbocycles. The predicted molar refractivity (Wildman–Crippen MR) is 106 cm³/mol. The molecule has 0 nitrogen and oxygen atoms in total. The normalized spacial score (nSPS) is 12.1. The number of benzene rings is 1. The van der Waals surface area contributed by atoms with E-state index in [1.807, 2.05) is 0 Å². The molecule has 0 aliphatic heterocycles. The highest BCUT2D eigenvalue weighted by Gasteiger charge is 2.33. The maximum absolute atomic E-state index is 2.74. The number of halogens is 1. The Labute approximate surface area is 156 Å². The van der Waals surface area contributed by atoms with Crippen molar-refractivity contribution in [2.75, 3.05) is 18.5 Å². The Hall–Kier alpha value is -0.130. The molecule has 0 saturated carbocycles. The third-order valence-corrected chi connectivity index (χ3v) is 9.12. The van der Waals surface area contributed by atoms with Gasteiger partial charge in [0, 0.05) is 7.26 Å². The molecular formula is C21H36BrP. The molecule has 0 fully saturated rings. The first-order valence-electron chi connectivity index (χ1n) is 9.28. The lowest BCUT2D eigenvalue weighted by Gasteiger charge is -2.25. The molecule has 0 atom stereocenters. The van der Waals surface area contributed by atoms with Gasteiger partial charge in [-0.05, 0) is 37.3 Å². The number of hydrogen-bond donors (Lipinski definition) is 0. The van der Waals surface area contributed by atoms with Crippen molar-refractivity contribution in [1.29, 1.82) is 0 Å². The number of unbranched alkanes of at least 4 members (excludes halogenated alkanes) is 3. The first kappa shape index (κ1) is 22.9. The van der Waals surface area contributed by atoms with Crippen LogP contribution in [0.4, 0.5) is 0 Å². The fourth-order valence-electron chi connectivity index (χ4n) is 3.13. The van der Waals surface area contributed by atoms with Crippen molar-refractivity contribution in [3.05, 3.63) is 41.7 Å². The molecule has 0 N–H and O–H groups in total. The van der Waals surface area contributed by atoms with E-state index in [4.69, 9.17) is 0 Å². The van der Waals surface area contributed by atoms with Crippen LogP contribution in [0.25, 0.3) is 5.57 Å². The molecule has 0 spiro atoms. The van der Waals surface area contributed by atoms with Crippen molar-refractivity contribution in [1.82, 2.24) is 0 Å². The fourth-order valence-corrected chi connectivity index (χ4v) is 8.00. The van der Waals surface area contributed by atoms with Gasteiger partial charge in [0.2, 0.25) is 0 Å². The first-order chi connectivity index (χ1) is 10.7. The van der Waals surface area contributed by atoms with E-state index < -0.39 is 7.26 Å². The van der Waals surface area contributed by atoms with Gasteiger partial charge in [0.25, 0.3) is 0 Å². The van der Waals surface area contributed by atoms with Gasteiger partial charge in [0.15, 0.2) is 0 Å². The molecule has 0 heterocycles. The molecule has 23 heavy (non-hydrogen) atoms. The van der Waals surface area contributed by atoms with Crippen molar-refractivity contribution in [2.45, 2.75) is 66.2 Å². The van der Waals surface area contributed by atoms with E-state index in [2.05, 4.69) is 63.8 Å². The van der Waals surface area contributed by atoms with E-state index in [0.717, 1.165) is 0 Å². The second-order valence-electron chi connectivity index (χ2n) is 6.63. The van der Waals surface area contributed by atoms with Crippen LogP contribution in [0.1, 0.15) is 71.8 Å². The smallest absolute Gasteiger partial charge is 0.0635 e. The van der Waals surface area contributed by atoms with Crippen molar-refractivity contribution in [3.63, 3.8) is 0 Å². The molecule has 0 aliphatic rings. The third-order valence-electron chi connectivity index (χ3n) is 4.57. The van der Waals surface area contributed by atoms with Crippen LogP contribution in [-0.4, -0.2) is 18.5 Å². The Bertz CT molecular complexity index is 403. The summed E-state index contributed by atoms with van der Waals surface area (Å²) in [5, 5.41) is 0. The summed E-state index contributed by atoms with van der Waals surface area (Å²) in [7, 11) is -0.929. The number of hydrogen-bond acceptors (Lipinski definition) is 0. The highest BCUT2D eigenvalue weighted by Crippen LogP contribution is 2.63. The standard InChI is InChI=1S/C21H36P.BrH/c1-5-8-16-22(17-9-6-2,18-10-7-3)19-20(4)21-14-12-11-13-15-21;/h11-15,19H,5-10,16-18H2,1-4H3;1H/q+1;/p-1. The van der Waals surface area contributed by atoms with Gasteiger partial charge in [0.05, 0.1) is 24.3 Å². The van der Waals surface area contributed by atoms with Crippen LogP contribution in [-0.2, 0) is 0 Å². The van der Waals surface area contributed by atoms with Crippen LogP contribution >= 0.6 is 7.26 Å². The van der Waals surface area contributed by atoms with Crippen molar-refractivity contribution in [3.8, 4) is 0 Å². The summed E-state index contributed by atoms with van der Waals surface area (Å²) in [6, 6.07) is 11.0. The molecule has 0 saturated heterocycles. The van der Waals surface area contributed by atoms with Gasteiger partial charge in [-0.15, -0.1) is 0 Å². The molecule has 0 aliphatic carbocycles. The lowest BCUT2D eigenvalue weighted by Crippen LogP contribution is -3.00. The third kappa shape index (κ3) is 8.50. The molecule has 0 aromatic heterocycles. The highest BCUT2D eigenvalue weighted by molar-refractivity contribution is 7.79. The number of rotatable bonds is 11. The summed E-state index contributed by atoms with van der Waals surface area (Å²) in [6.07, 6.45) is 12.6. The van der Waals surface area contributed by atoms with Gasteiger partial charge >= 0.3 is 0 Å². The molecule has 0 unspecified atom stereocenters. The average Bonchev–Trinajstić information content (AvgIpc) is 2.56. The molecule has 1 aromatic rings. The monoisotopic (exact) mass is 398 g/mol. The fraction of sp³-hybridized carbons (Fsp3) is 0.619. The summed E-state index contributed by atoms with van der Waals surface area (Å²) in [5.41, 5.74) is 2.92. The SMILES string of the molecule is CCCC[P+](C=C(C)c1ccccc1)(CCCC)CCCC.[Br-]. The Kier molecular flexibility index (Phi) is 13.1. The Morgan fingerprint density at radius 3 is 1.65 bits per heavy atom. The lowest BCUT2D eigenvalue weighted by molar-refractivity contribution is -0.00000490. The van der Waals surface area contributed by atoms with Gasteiger partial charge in [-0.3, -0.25) is 0 Å². The second kappa shape index (κ2) is 13.2. The minimum Gasteiger partial charge on any atom is -1.00 e. The van der Waals surface area contributed by atoms with E-state index in [1.165, 1.54) is 68.1 Å². The van der Waals surface area contributed by atoms with Crippen LogP contribution in [0.15, 0.2) is 36.1 Å².